The molecule has 0 bridgehead atoms. The molecule has 102 valence electrons. The van der Waals surface area contributed by atoms with Gasteiger partial charge in [-0.15, -0.1) is 0 Å². The summed E-state index contributed by atoms with van der Waals surface area (Å²) < 4.78 is 0. The third-order valence-corrected chi connectivity index (χ3v) is 4.23. The summed E-state index contributed by atoms with van der Waals surface area (Å²) in [5, 5.41) is 0. The summed E-state index contributed by atoms with van der Waals surface area (Å²) in [6.45, 7) is 9.52. The lowest BCUT2D eigenvalue weighted by Gasteiger charge is -2.30. The fourth-order valence-electron chi connectivity index (χ4n) is 2.97. The van der Waals surface area contributed by atoms with Gasteiger partial charge < -0.3 is 10.6 Å². The van der Waals surface area contributed by atoms with Crippen molar-refractivity contribution < 1.29 is 0 Å². The summed E-state index contributed by atoms with van der Waals surface area (Å²) in [5.74, 6) is 1.84. The normalized spacial score (nSPS) is 20.6. The minimum atomic E-state index is 0.867. The van der Waals surface area contributed by atoms with Crippen LogP contribution in [-0.4, -0.2) is 31.1 Å². The van der Waals surface area contributed by atoms with Gasteiger partial charge in [-0.3, -0.25) is 0 Å². The average molecular weight is 240 g/mol. The molecule has 0 aromatic carbocycles. The van der Waals surface area contributed by atoms with Gasteiger partial charge in [-0.25, -0.2) is 0 Å². The summed E-state index contributed by atoms with van der Waals surface area (Å²) in [7, 11) is 0. The van der Waals surface area contributed by atoms with Crippen LogP contribution in [0.3, 0.4) is 0 Å². The molecule has 2 heteroatoms. The highest BCUT2D eigenvalue weighted by molar-refractivity contribution is 4.70. The molecule has 1 heterocycles. The second-order valence-electron chi connectivity index (χ2n) is 5.90. The average Bonchev–Trinajstić information content (AvgIpc) is 2.32. The molecule has 0 radical (unpaired) electrons. The van der Waals surface area contributed by atoms with Crippen molar-refractivity contribution in [1.82, 2.24) is 4.90 Å². The maximum absolute atomic E-state index is 5.68. The molecule has 0 aromatic rings. The molecule has 1 aliphatic rings. The van der Waals surface area contributed by atoms with Gasteiger partial charge in [-0.1, -0.05) is 26.7 Å². The Hall–Kier alpha value is -0.0800. The maximum Gasteiger partial charge on any atom is -0.00162 e. The molecule has 1 aliphatic heterocycles. The lowest BCUT2D eigenvalue weighted by atomic mass is 9.94. The molecule has 17 heavy (non-hydrogen) atoms. The summed E-state index contributed by atoms with van der Waals surface area (Å²) in [5.41, 5.74) is 5.68. The predicted molar refractivity (Wildman–Crippen MR) is 76.1 cm³/mol. The van der Waals surface area contributed by atoms with Crippen molar-refractivity contribution in [2.75, 3.05) is 26.2 Å². The Morgan fingerprint density at radius 1 is 1.18 bits per heavy atom. The molecule has 1 atom stereocenters. The van der Waals surface area contributed by atoms with Crippen LogP contribution < -0.4 is 5.73 Å². The van der Waals surface area contributed by atoms with Gasteiger partial charge >= 0.3 is 0 Å². The number of piperidine rings is 1. The third kappa shape index (κ3) is 6.42. The van der Waals surface area contributed by atoms with E-state index in [0.717, 1.165) is 18.4 Å². The lowest BCUT2D eigenvalue weighted by molar-refractivity contribution is 0.185. The maximum atomic E-state index is 5.68. The fourth-order valence-corrected chi connectivity index (χ4v) is 2.97. The Kier molecular flexibility index (Phi) is 7.87. The highest BCUT2D eigenvalue weighted by atomic mass is 15.1. The summed E-state index contributed by atoms with van der Waals surface area (Å²) in [6, 6.07) is 0. The van der Waals surface area contributed by atoms with E-state index in [1.807, 2.05) is 0 Å². The van der Waals surface area contributed by atoms with E-state index in [1.54, 1.807) is 0 Å². The van der Waals surface area contributed by atoms with Crippen molar-refractivity contribution in [3.63, 3.8) is 0 Å². The van der Waals surface area contributed by atoms with Gasteiger partial charge in [0.1, 0.15) is 0 Å². The number of rotatable bonds is 8. The van der Waals surface area contributed by atoms with Gasteiger partial charge in [0.2, 0.25) is 0 Å². The standard InChI is InChI=1S/C15H32N2/c1-3-5-15(7-10-16)6-4-11-17-12-8-14(2)9-13-17/h14-15H,3-13,16H2,1-2H3. The van der Waals surface area contributed by atoms with Crippen molar-refractivity contribution in [2.24, 2.45) is 17.6 Å². The number of hydrogen-bond donors (Lipinski definition) is 1. The Morgan fingerprint density at radius 3 is 2.47 bits per heavy atom. The minimum absolute atomic E-state index is 0.867. The van der Waals surface area contributed by atoms with Gasteiger partial charge in [0.25, 0.3) is 0 Å². The Labute approximate surface area is 108 Å². The zero-order valence-electron chi connectivity index (χ0n) is 12.0. The molecule has 0 aliphatic carbocycles. The first-order chi connectivity index (χ1) is 8.26. The monoisotopic (exact) mass is 240 g/mol. The van der Waals surface area contributed by atoms with Crippen LogP contribution in [0, 0.1) is 11.8 Å². The van der Waals surface area contributed by atoms with E-state index in [2.05, 4.69) is 18.7 Å². The zero-order valence-corrected chi connectivity index (χ0v) is 12.0. The molecule has 1 rings (SSSR count). The van der Waals surface area contributed by atoms with Crippen molar-refractivity contribution in [3.05, 3.63) is 0 Å². The largest absolute Gasteiger partial charge is 0.330 e. The minimum Gasteiger partial charge on any atom is -0.330 e. The van der Waals surface area contributed by atoms with Gasteiger partial charge in [0, 0.05) is 0 Å². The second-order valence-corrected chi connectivity index (χ2v) is 5.90. The molecule has 0 spiro atoms. The summed E-state index contributed by atoms with van der Waals surface area (Å²) in [6.07, 6.45) is 9.48. The molecule has 1 saturated heterocycles. The van der Waals surface area contributed by atoms with Crippen LogP contribution in [0.25, 0.3) is 0 Å². The van der Waals surface area contributed by atoms with Crippen LogP contribution in [0.2, 0.25) is 0 Å². The number of hydrogen-bond acceptors (Lipinski definition) is 2. The summed E-state index contributed by atoms with van der Waals surface area (Å²) >= 11 is 0. The van der Waals surface area contributed by atoms with Crippen LogP contribution >= 0.6 is 0 Å². The molecular weight excluding hydrogens is 208 g/mol. The topological polar surface area (TPSA) is 29.3 Å². The van der Waals surface area contributed by atoms with Crippen LogP contribution in [-0.2, 0) is 0 Å². The van der Waals surface area contributed by atoms with Gasteiger partial charge in [0.15, 0.2) is 0 Å². The summed E-state index contributed by atoms with van der Waals surface area (Å²) in [4.78, 5) is 2.66. The molecular formula is C15H32N2. The van der Waals surface area contributed by atoms with E-state index >= 15 is 0 Å². The van der Waals surface area contributed by atoms with Gasteiger partial charge in [-0.05, 0) is 70.1 Å². The van der Waals surface area contributed by atoms with Crippen molar-refractivity contribution in [3.8, 4) is 0 Å². The number of likely N-dealkylation sites (tertiary alicyclic amines) is 1. The van der Waals surface area contributed by atoms with E-state index in [9.17, 15) is 0 Å². The van der Waals surface area contributed by atoms with Crippen LogP contribution in [0.1, 0.15) is 58.8 Å². The van der Waals surface area contributed by atoms with E-state index in [1.165, 1.54) is 64.6 Å². The van der Waals surface area contributed by atoms with E-state index in [0.29, 0.717) is 0 Å². The number of nitrogens with zero attached hydrogens (tertiary/aromatic N) is 1. The Balaban J connectivity index is 2.08. The van der Waals surface area contributed by atoms with Crippen LogP contribution in [0.15, 0.2) is 0 Å². The fraction of sp³-hybridized carbons (Fsp3) is 1.00. The van der Waals surface area contributed by atoms with E-state index < -0.39 is 0 Å². The quantitative estimate of drug-likeness (QED) is 0.705. The molecule has 0 saturated carbocycles. The highest BCUT2D eigenvalue weighted by Crippen LogP contribution is 2.19. The second kappa shape index (κ2) is 8.93. The SMILES string of the molecule is CCCC(CCN)CCCN1CCC(C)CC1. The Bertz CT molecular complexity index is 168. The van der Waals surface area contributed by atoms with Crippen LogP contribution in [0.4, 0.5) is 0 Å². The molecule has 0 aromatic heterocycles. The first-order valence-electron chi connectivity index (χ1n) is 7.68. The van der Waals surface area contributed by atoms with Crippen molar-refractivity contribution in [2.45, 2.75) is 58.8 Å². The molecule has 0 amide bonds. The van der Waals surface area contributed by atoms with Gasteiger partial charge in [0.05, 0.1) is 0 Å². The van der Waals surface area contributed by atoms with E-state index in [4.69, 9.17) is 5.73 Å². The first-order valence-corrected chi connectivity index (χ1v) is 7.68. The Morgan fingerprint density at radius 2 is 1.88 bits per heavy atom. The number of nitrogens with two attached hydrogens (primary N) is 1. The molecule has 2 nitrogen and oxygen atoms in total. The highest BCUT2D eigenvalue weighted by Gasteiger charge is 2.15. The molecule has 2 N–H and O–H groups in total. The van der Waals surface area contributed by atoms with E-state index in [-0.39, 0.29) is 0 Å². The zero-order chi connectivity index (χ0) is 12.5. The predicted octanol–water partition coefficient (Wildman–Crippen LogP) is 3.26. The van der Waals surface area contributed by atoms with Crippen molar-refractivity contribution in [1.29, 1.82) is 0 Å². The smallest absolute Gasteiger partial charge is 0.00162 e. The third-order valence-electron chi connectivity index (χ3n) is 4.23. The molecule has 1 unspecified atom stereocenters. The van der Waals surface area contributed by atoms with Crippen LogP contribution in [0.5, 0.6) is 0 Å². The molecule has 1 fully saturated rings. The van der Waals surface area contributed by atoms with Crippen molar-refractivity contribution >= 4 is 0 Å². The van der Waals surface area contributed by atoms with Gasteiger partial charge in [-0.2, -0.15) is 0 Å². The first kappa shape index (κ1) is 15.0. The lowest BCUT2D eigenvalue weighted by Crippen LogP contribution is -2.33.